The van der Waals surface area contributed by atoms with Gasteiger partial charge in [0.05, 0.1) is 13.2 Å². The number of aromatic amines is 1. The van der Waals surface area contributed by atoms with Crippen molar-refractivity contribution in [3.8, 4) is 6.01 Å². The first-order valence-corrected chi connectivity index (χ1v) is 38.4. The highest BCUT2D eigenvalue weighted by atomic mass is 16.5. The maximum atomic E-state index is 13.6. The Labute approximate surface area is 585 Å². The van der Waals surface area contributed by atoms with E-state index < -0.39 is 5.69 Å². The number of nitrogens with one attached hydrogen (secondary N) is 2. The van der Waals surface area contributed by atoms with Crippen LogP contribution in [0.3, 0.4) is 0 Å². The molecule has 0 saturated carbocycles. The lowest BCUT2D eigenvalue weighted by Gasteiger charge is -2.26. The van der Waals surface area contributed by atoms with Crippen molar-refractivity contribution in [1.82, 2.24) is 29.3 Å². The molecule has 0 unspecified atom stereocenters. The number of H-pyrrole nitrogens is 1. The van der Waals surface area contributed by atoms with Crippen molar-refractivity contribution in [2.45, 2.75) is 291 Å². The predicted molar refractivity (Wildman–Crippen MR) is 395 cm³/mol. The maximum Gasteiger partial charge on any atom is 0.328 e. The van der Waals surface area contributed by atoms with Crippen molar-refractivity contribution in [2.24, 2.45) is 0 Å². The second-order valence-electron chi connectivity index (χ2n) is 26.3. The number of amides is 1. The zero-order chi connectivity index (χ0) is 69.7. The fourth-order valence-electron chi connectivity index (χ4n) is 11.8. The molecule has 18 nitrogen and oxygen atoms in total. The van der Waals surface area contributed by atoms with Crippen LogP contribution in [0.2, 0.25) is 0 Å². The lowest BCUT2D eigenvalue weighted by Crippen LogP contribution is -2.32. The van der Waals surface area contributed by atoms with Crippen LogP contribution in [0, 0.1) is 0 Å². The minimum absolute atomic E-state index is 0.00770. The number of hydrogen-bond donors (Lipinski definition) is 2. The Kier molecular flexibility index (Phi) is 52.7. The third kappa shape index (κ3) is 45.3. The number of unbranched alkanes of at least 4 members (excludes halogenated alkanes) is 29. The highest BCUT2D eigenvalue weighted by Crippen LogP contribution is 2.23. The molecule has 1 amide bonds. The first kappa shape index (κ1) is 85.2. The van der Waals surface area contributed by atoms with Crippen molar-refractivity contribution in [2.75, 3.05) is 84.7 Å². The van der Waals surface area contributed by atoms with E-state index in [0.29, 0.717) is 63.2 Å². The van der Waals surface area contributed by atoms with Gasteiger partial charge in [0.15, 0.2) is 11.5 Å². The Bertz CT molecular complexity index is 2580. The molecule has 2 aromatic heterocycles. The van der Waals surface area contributed by atoms with Crippen LogP contribution in [-0.2, 0) is 44.7 Å². The molecule has 0 aliphatic heterocycles. The van der Waals surface area contributed by atoms with Gasteiger partial charge in [-0.05, 0) is 141 Å². The van der Waals surface area contributed by atoms with E-state index in [1.54, 1.807) is 31.4 Å². The number of fused-ring (bicyclic) bond motifs is 1. The number of carbonyl (C=O) groups is 5. The molecule has 3 rings (SSSR count). The molecule has 3 aromatic rings. The second-order valence-corrected chi connectivity index (χ2v) is 26.3. The molecule has 18 heteroatoms. The van der Waals surface area contributed by atoms with Gasteiger partial charge >= 0.3 is 29.6 Å². The third-order valence-electron chi connectivity index (χ3n) is 17.7. The third-order valence-corrected chi connectivity index (χ3v) is 17.7. The van der Waals surface area contributed by atoms with Crippen molar-refractivity contribution < 1.29 is 47.7 Å². The summed E-state index contributed by atoms with van der Waals surface area (Å²) in [6.07, 6.45) is 55.8. The van der Waals surface area contributed by atoms with Crippen LogP contribution in [0.15, 0.2) is 65.5 Å². The quantitative estimate of drug-likeness (QED) is 0.0177. The SMILES string of the molecule is CCCCCC/C=C\COC(=O)CCCCCCCCN(CCCCCCCCC(=O)OC/C=C\CCCCCC)CCCN(CCCCCCCCC(=O)OC/C=C\CCCCCC)CCCCCC(=O)Nc1nc(OCCOC)nc2c1[nH]c(=O)n2Cc1ccc(C=O)cc1. The van der Waals surface area contributed by atoms with E-state index in [0.717, 1.165) is 192 Å². The van der Waals surface area contributed by atoms with Gasteiger partial charge in [-0.1, -0.05) is 223 Å². The Morgan fingerprint density at radius 1 is 0.474 bits per heavy atom. The molecule has 0 saturated heterocycles. The number of methoxy groups -OCH3 is 1. The van der Waals surface area contributed by atoms with Gasteiger partial charge in [0, 0.05) is 38.4 Å². The van der Waals surface area contributed by atoms with E-state index >= 15 is 0 Å². The van der Waals surface area contributed by atoms with Crippen LogP contribution in [0.5, 0.6) is 6.01 Å². The van der Waals surface area contributed by atoms with Crippen LogP contribution in [0.4, 0.5) is 5.82 Å². The van der Waals surface area contributed by atoms with Gasteiger partial charge in [-0.25, -0.2) is 4.79 Å². The molecule has 0 atom stereocenters. The normalized spacial score (nSPS) is 11.8. The minimum Gasteiger partial charge on any atom is -0.461 e. The van der Waals surface area contributed by atoms with Gasteiger partial charge in [-0.15, -0.1) is 0 Å². The summed E-state index contributed by atoms with van der Waals surface area (Å²) in [5.41, 5.74) is 1.48. The van der Waals surface area contributed by atoms with Crippen molar-refractivity contribution in [3.63, 3.8) is 0 Å². The van der Waals surface area contributed by atoms with Gasteiger partial charge in [-0.2, -0.15) is 9.97 Å². The van der Waals surface area contributed by atoms with E-state index in [2.05, 4.69) is 69.1 Å². The zero-order valence-corrected chi connectivity index (χ0v) is 61.1. The molecule has 0 spiro atoms. The largest absolute Gasteiger partial charge is 0.461 e. The number of aromatic nitrogens is 4. The Morgan fingerprint density at radius 3 is 1.29 bits per heavy atom. The van der Waals surface area contributed by atoms with Crippen LogP contribution in [-0.4, -0.2) is 139 Å². The number of nitrogens with zero attached hydrogens (tertiary/aromatic N) is 5. The van der Waals surface area contributed by atoms with Crippen molar-refractivity contribution in [3.05, 3.63) is 82.3 Å². The molecule has 548 valence electrons. The zero-order valence-electron chi connectivity index (χ0n) is 61.1. The van der Waals surface area contributed by atoms with Gasteiger partial charge in [0.25, 0.3) is 0 Å². The minimum atomic E-state index is -0.420. The topological polar surface area (TPSA) is 214 Å². The number of hydrogen-bond acceptors (Lipinski definition) is 15. The molecule has 1 aromatic carbocycles. The molecule has 0 fully saturated rings. The molecule has 0 bridgehead atoms. The summed E-state index contributed by atoms with van der Waals surface area (Å²) in [7, 11) is 1.57. The number of imidazole rings is 1. The highest BCUT2D eigenvalue weighted by molar-refractivity contribution is 5.97. The highest BCUT2D eigenvalue weighted by Gasteiger charge is 2.19. The van der Waals surface area contributed by atoms with E-state index in [1.807, 2.05) is 18.2 Å². The molecular formula is C79H131N7O11. The summed E-state index contributed by atoms with van der Waals surface area (Å²) < 4.78 is 28.8. The molecule has 2 N–H and O–H groups in total. The predicted octanol–water partition coefficient (Wildman–Crippen LogP) is 17.9. The number of carbonyl (C=O) groups excluding carboxylic acids is 5. The summed E-state index contributed by atoms with van der Waals surface area (Å²) >= 11 is 0. The Hall–Kier alpha value is -5.98. The molecule has 0 aliphatic rings. The summed E-state index contributed by atoms with van der Waals surface area (Å²) in [5.74, 6) is -0.358. The smallest absolute Gasteiger partial charge is 0.328 e. The van der Waals surface area contributed by atoms with Crippen molar-refractivity contribution in [1.29, 1.82) is 0 Å². The number of esters is 3. The first-order chi connectivity index (χ1) is 47.6. The van der Waals surface area contributed by atoms with E-state index in [1.165, 1.54) is 94.5 Å². The summed E-state index contributed by atoms with van der Waals surface area (Å²) in [5, 5.41) is 2.94. The number of rotatable bonds is 66. The Balaban J connectivity index is 1.57. The van der Waals surface area contributed by atoms with Crippen LogP contribution >= 0.6 is 0 Å². The number of anilines is 1. The fraction of sp³-hybridized carbons (Fsp3) is 0.722. The van der Waals surface area contributed by atoms with Gasteiger partial charge in [0.1, 0.15) is 38.2 Å². The molecular weight excluding hydrogens is 1220 g/mol. The standard InChI is InChI=1S/C79H131N7O11/c1-5-8-11-14-23-32-44-62-94-72(89)49-37-26-17-20-29-40-56-84(57-41-30-21-18-27-38-50-73(90)95-63-45-33-24-15-12-9-6-2)60-47-61-85(58-42-31-22-19-28-39-51-74(91)96-64-46-34-25-16-13-10-7-3)59-43-35-36-48-71(88)80-76-75-77(83-78(82-76)97-66-65-93-4)86(79(92)81-75)67-69-52-54-70(68-87)55-53-69/h32-34,44-46,52-55,68H,5-31,35-43,47-51,56-67H2,1-4H3,(H,81,92)(H,80,82,83,88)/b44-32-,45-33-,46-34-. The lowest BCUT2D eigenvalue weighted by molar-refractivity contribution is -0.143. The number of allylic oxidation sites excluding steroid dienone is 3. The van der Waals surface area contributed by atoms with E-state index in [4.69, 9.17) is 23.7 Å². The van der Waals surface area contributed by atoms with E-state index in [9.17, 15) is 28.8 Å². The summed E-state index contributed by atoms with van der Waals surface area (Å²) in [4.78, 5) is 92.6. The second kappa shape index (κ2) is 60.0. The first-order valence-electron chi connectivity index (χ1n) is 38.4. The van der Waals surface area contributed by atoms with Gasteiger partial charge < -0.3 is 43.8 Å². The van der Waals surface area contributed by atoms with Crippen LogP contribution in [0.25, 0.3) is 11.2 Å². The fourth-order valence-corrected chi connectivity index (χ4v) is 11.8. The maximum absolute atomic E-state index is 13.6. The average Bonchev–Trinajstić information content (AvgIpc) is 1.65. The van der Waals surface area contributed by atoms with E-state index in [-0.39, 0.29) is 60.9 Å². The Morgan fingerprint density at radius 2 is 0.866 bits per heavy atom. The van der Waals surface area contributed by atoms with Crippen molar-refractivity contribution >= 4 is 47.1 Å². The van der Waals surface area contributed by atoms with Crippen LogP contribution in [0.1, 0.15) is 300 Å². The summed E-state index contributed by atoms with van der Waals surface area (Å²) in [6.45, 7) is 14.6. The van der Waals surface area contributed by atoms with Crippen LogP contribution < -0.4 is 15.7 Å². The number of ether oxygens (including phenoxy) is 5. The van der Waals surface area contributed by atoms with Gasteiger partial charge in [-0.3, -0.25) is 28.5 Å². The molecule has 2 heterocycles. The van der Waals surface area contributed by atoms with Gasteiger partial charge in [0.2, 0.25) is 5.91 Å². The monoisotopic (exact) mass is 1350 g/mol. The molecule has 0 radical (unpaired) electrons. The number of aldehydes is 1. The summed E-state index contributed by atoms with van der Waals surface area (Å²) in [6, 6.07) is 6.97. The lowest BCUT2D eigenvalue weighted by atomic mass is 10.1. The average molecular weight is 1350 g/mol. The number of benzene rings is 1. The molecule has 97 heavy (non-hydrogen) atoms. The molecule has 0 aliphatic carbocycles.